The van der Waals surface area contributed by atoms with E-state index in [0.717, 1.165) is 25.2 Å². The fourth-order valence-corrected chi connectivity index (χ4v) is 2.14. The van der Waals surface area contributed by atoms with Crippen molar-refractivity contribution in [3.05, 3.63) is 29.8 Å². The second-order valence-corrected chi connectivity index (χ2v) is 4.91. The molecule has 1 heterocycles. The average Bonchev–Trinajstić information content (AvgIpc) is 2.76. The van der Waals surface area contributed by atoms with Crippen LogP contribution in [0.4, 0.5) is 5.69 Å². The Hall–Kier alpha value is -1.39. The summed E-state index contributed by atoms with van der Waals surface area (Å²) in [4.78, 5) is 13.9. The molecule has 1 aromatic rings. The first kappa shape index (κ1) is 13.1. The molecule has 1 atom stereocenters. The van der Waals surface area contributed by atoms with E-state index in [1.807, 2.05) is 31.2 Å². The smallest absolute Gasteiger partial charge is 0.225 e. The molecule has 0 aromatic heterocycles. The molecule has 1 aromatic carbocycles. The number of carbonyl (C=O) groups is 1. The van der Waals surface area contributed by atoms with Crippen molar-refractivity contribution in [2.24, 2.45) is 0 Å². The number of likely N-dealkylation sites (tertiary alicyclic amines) is 1. The highest BCUT2D eigenvalue weighted by molar-refractivity contribution is 5.90. The first-order chi connectivity index (χ1) is 8.63. The number of rotatable bonds is 4. The molecular weight excluding hydrogens is 228 g/mol. The van der Waals surface area contributed by atoms with Gasteiger partial charge in [0, 0.05) is 31.7 Å². The molecule has 1 fully saturated rings. The molecule has 0 saturated carbocycles. The lowest BCUT2D eigenvalue weighted by Gasteiger charge is -2.14. The van der Waals surface area contributed by atoms with E-state index in [9.17, 15) is 9.90 Å². The third kappa shape index (κ3) is 3.82. The molecule has 1 unspecified atom stereocenters. The average molecular weight is 248 g/mol. The standard InChI is InChI=1S/C14H20N2O2/c1-11-2-4-12(5-3-11)15-14(18)7-9-16-8-6-13(17)10-16/h2-5,13,17H,6-10H2,1H3,(H,15,18). The number of nitrogens with zero attached hydrogens (tertiary/aromatic N) is 1. The predicted molar refractivity (Wildman–Crippen MR) is 71.5 cm³/mol. The quantitative estimate of drug-likeness (QED) is 0.846. The van der Waals surface area contributed by atoms with Crippen molar-refractivity contribution in [2.45, 2.75) is 25.9 Å². The maximum Gasteiger partial charge on any atom is 0.225 e. The van der Waals surface area contributed by atoms with E-state index in [1.165, 1.54) is 5.56 Å². The highest BCUT2D eigenvalue weighted by Crippen LogP contribution is 2.11. The van der Waals surface area contributed by atoms with E-state index < -0.39 is 0 Å². The Bertz CT molecular complexity index is 403. The van der Waals surface area contributed by atoms with Crippen LogP contribution in [0.25, 0.3) is 0 Å². The van der Waals surface area contributed by atoms with Crippen LogP contribution < -0.4 is 5.32 Å². The van der Waals surface area contributed by atoms with Crippen LogP contribution in [0.3, 0.4) is 0 Å². The van der Waals surface area contributed by atoms with E-state index in [1.54, 1.807) is 0 Å². The number of carbonyl (C=O) groups excluding carboxylic acids is 1. The number of aliphatic hydroxyl groups excluding tert-OH is 1. The Labute approximate surface area is 108 Å². The summed E-state index contributed by atoms with van der Waals surface area (Å²) in [6.45, 7) is 4.32. The van der Waals surface area contributed by atoms with Gasteiger partial charge in [0.05, 0.1) is 6.10 Å². The van der Waals surface area contributed by atoms with Crippen LogP contribution in [0.15, 0.2) is 24.3 Å². The summed E-state index contributed by atoms with van der Waals surface area (Å²) in [7, 11) is 0. The Balaban J connectivity index is 1.73. The number of aliphatic hydroxyl groups is 1. The number of hydrogen-bond acceptors (Lipinski definition) is 3. The maximum absolute atomic E-state index is 11.7. The summed E-state index contributed by atoms with van der Waals surface area (Å²) in [5, 5.41) is 12.3. The largest absolute Gasteiger partial charge is 0.392 e. The molecule has 1 aliphatic rings. The van der Waals surface area contributed by atoms with Gasteiger partial charge < -0.3 is 15.3 Å². The van der Waals surface area contributed by atoms with Crippen molar-refractivity contribution in [3.8, 4) is 0 Å². The predicted octanol–water partition coefficient (Wildman–Crippen LogP) is 1.39. The topological polar surface area (TPSA) is 52.6 Å². The molecule has 0 radical (unpaired) electrons. The molecule has 4 heteroatoms. The Morgan fingerprint density at radius 3 is 2.78 bits per heavy atom. The van der Waals surface area contributed by atoms with Crippen molar-refractivity contribution >= 4 is 11.6 Å². The van der Waals surface area contributed by atoms with Gasteiger partial charge in [-0.25, -0.2) is 0 Å². The normalized spacial score (nSPS) is 20.0. The van der Waals surface area contributed by atoms with E-state index >= 15 is 0 Å². The van der Waals surface area contributed by atoms with Crippen LogP contribution in [0.5, 0.6) is 0 Å². The molecule has 4 nitrogen and oxygen atoms in total. The van der Waals surface area contributed by atoms with Crippen LogP contribution in [-0.2, 0) is 4.79 Å². The molecule has 2 rings (SSSR count). The first-order valence-corrected chi connectivity index (χ1v) is 6.40. The second-order valence-electron chi connectivity index (χ2n) is 4.91. The SMILES string of the molecule is Cc1ccc(NC(=O)CCN2CCC(O)C2)cc1. The van der Waals surface area contributed by atoms with Gasteiger partial charge >= 0.3 is 0 Å². The van der Waals surface area contributed by atoms with Crippen molar-refractivity contribution in [1.82, 2.24) is 4.90 Å². The van der Waals surface area contributed by atoms with E-state index in [2.05, 4.69) is 10.2 Å². The third-order valence-electron chi connectivity index (χ3n) is 3.24. The monoisotopic (exact) mass is 248 g/mol. The zero-order chi connectivity index (χ0) is 13.0. The van der Waals surface area contributed by atoms with Crippen LogP contribution in [0, 0.1) is 6.92 Å². The highest BCUT2D eigenvalue weighted by atomic mass is 16.3. The third-order valence-corrected chi connectivity index (χ3v) is 3.24. The van der Waals surface area contributed by atoms with Gasteiger partial charge in [-0.3, -0.25) is 4.79 Å². The summed E-state index contributed by atoms with van der Waals surface area (Å²) in [6.07, 6.45) is 1.07. The minimum Gasteiger partial charge on any atom is -0.392 e. The Kier molecular flexibility index (Phi) is 4.33. The molecule has 0 spiro atoms. The van der Waals surface area contributed by atoms with Gasteiger partial charge in [0.15, 0.2) is 0 Å². The Morgan fingerprint density at radius 1 is 1.44 bits per heavy atom. The fourth-order valence-electron chi connectivity index (χ4n) is 2.14. The highest BCUT2D eigenvalue weighted by Gasteiger charge is 2.20. The van der Waals surface area contributed by atoms with Crippen molar-refractivity contribution in [3.63, 3.8) is 0 Å². The second kappa shape index (κ2) is 5.98. The van der Waals surface area contributed by atoms with Crippen molar-refractivity contribution in [2.75, 3.05) is 25.0 Å². The molecule has 98 valence electrons. The molecule has 0 bridgehead atoms. The van der Waals surface area contributed by atoms with Crippen LogP contribution in [0.1, 0.15) is 18.4 Å². The van der Waals surface area contributed by atoms with Crippen LogP contribution >= 0.6 is 0 Å². The number of hydrogen-bond donors (Lipinski definition) is 2. The Morgan fingerprint density at radius 2 is 2.17 bits per heavy atom. The van der Waals surface area contributed by atoms with Crippen LogP contribution in [-0.4, -0.2) is 41.7 Å². The van der Waals surface area contributed by atoms with E-state index in [4.69, 9.17) is 0 Å². The summed E-state index contributed by atoms with van der Waals surface area (Å²) < 4.78 is 0. The molecule has 1 amide bonds. The summed E-state index contributed by atoms with van der Waals surface area (Å²) >= 11 is 0. The van der Waals surface area contributed by atoms with Gasteiger partial charge in [0.2, 0.25) is 5.91 Å². The number of aryl methyl sites for hydroxylation is 1. The molecular formula is C14H20N2O2. The molecule has 1 saturated heterocycles. The van der Waals surface area contributed by atoms with Gasteiger partial charge in [-0.1, -0.05) is 17.7 Å². The van der Waals surface area contributed by atoms with Crippen molar-refractivity contribution < 1.29 is 9.90 Å². The zero-order valence-corrected chi connectivity index (χ0v) is 10.7. The first-order valence-electron chi connectivity index (χ1n) is 6.40. The molecule has 2 N–H and O–H groups in total. The number of amides is 1. The summed E-state index contributed by atoms with van der Waals surface area (Å²) in [6, 6.07) is 7.78. The van der Waals surface area contributed by atoms with Gasteiger partial charge in [-0.15, -0.1) is 0 Å². The minimum atomic E-state index is -0.217. The minimum absolute atomic E-state index is 0.0280. The van der Waals surface area contributed by atoms with Gasteiger partial charge in [-0.2, -0.15) is 0 Å². The maximum atomic E-state index is 11.7. The summed E-state index contributed by atoms with van der Waals surface area (Å²) in [5.41, 5.74) is 2.02. The van der Waals surface area contributed by atoms with Gasteiger partial charge in [0.25, 0.3) is 0 Å². The van der Waals surface area contributed by atoms with E-state index in [0.29, 0.717) is 13.0 Å². The molecule has 0 aliphatic carbocycles. The van der Waals surface area contributed by atoms with Crippen LogP contribution in [0.2, 0.25) is 0 Å². The van der Waals surface area contributed by atoms with E-state index in [-0.39, 0.29) is 12.0 Å². The van der Waals surface area contributed by atoms with Crippen molar-refractivity contribution in [1.29, 1.82) is 0 Å². The number of β-amino-alcohol motifs (C(OH)–C–C–N with tert-alkyl or cyclic N) is 1. The lowest BCUT2D eigenvalue weighted by Crippen LogP contribution is -2.26. The number of anilines is 1. The molecule has 18 heavy (non-hydrogen) atoms. The zero-order valence-electron chi connectivity index (χ0n) is 10.7. The van der Waals surface area contributed by atoms with Gasteiger partial charge in [0.1, 0.15) is 0 Å². The summed E-state index contributed by atoms with van der Waals surface area (Å²) in [5.74, 6) is 0.0280. The van der Waals surface area contributed by atoms with Gasteiger partial charge in [-0.05, 0) is 25.5 Å². The number of nitrogens with one attached hydrogen (secondary N) is 1. The lowest BCUT2D eigenvalue weighted by molar-refractivity contribution is -0.116. The lowest BCUT2D eigenvalue weighted by atomic mass is 10.2. The number of benzene rings is 1. The molecule has 1 aliphatic heterocycles. The fraction of sp³-hybridized carbons (Fsp3) is 0.500.